The molecule has 2 aromatic carbocycles. The molecule has 3 rings (SSSR count). The highest BCUT2D eigenvalue weighted by Gasteiger charge is 2.17. The lowest BCUT2D eigenvalue weighted by Crippen LogP contribution is -2.30. The average Bonchev–Trinajstić information content (AvgIpc) is 3.24. The number of halogens is 1. The number of nitrogens with one attached hydrogen (secondary N) is 2. The van der Waals surface area contributed by atoms with Crippen molar-refractivity contribution in [1.29, 1.82) is 0 Å². The zero-order chi connectivity index (χ0) is 20.8. The third-order valence-corrected chi connectivity index (χ3v) is 5.31. The Bertz CT molecular complexity index is 1100. The Morgan fingerprint density at radius 2 is 1.86 bits per heavy atom. The third kappa shape index (κ3) is 5.37. The smallest absolute Gasteiger partial charge is 0.272 e. The summed E-state index contributed by atoms with van der Waals surface area (Å²) in [5, 5.41) is 18.1. The summed E-state index contributed by atoms with van der Waals surface area (Å²) >= 11 is 4.59. The molecule has 0 spiro atoms. The summed E-state index contributed by atoms with van der Waals surface area (Å²) in [4.78, 5) is 36.2. The van der Waals surface area contributed by atoms with Gasteiger partial charge in [0.2, 0.25) is 0 Å². The van der Waals surface area contributed by atoms with Gasteiger partial charge in [0.05, 0.1) is 15.5 Å². The number of nitro benzene ring substituents is 1. The number of carbonyl (C=O) groups is 2. The maximum atomic E-state index is 12.8. The van der Waals surface area contributed by atoms with Crippen molar-refractivity contribution < 1.29 is 14.5 Å². The number of benzene rings is 2. The number of rotatable bonds is 6. The summed E-state index contributed by atoms with van der Waals surface area (Å²) in [5.74, 6) is -1.01. The van der Waals surface area contributed by atoms with E-state index in [0.717, 1.165) is 0 Å². The molecule has 1 aromatic heterocycles. The number of non-ortho nitro benzene ring substituents is 1. The Morgan fingerprint density at radius 3 is 2.55 bits per heavy atom. The first-order valence-corrected chi connectivity index (χ1v) is 9.98. The van der Waals surface area contributed by atoms with Gasteiger partial charge in [-0.1, -0.05) is 30.3 Å². The second-order valence-corrected chi connectivity index (χ2v) is 7.58. The first-order valence-electron chi connectivity index (χ1n) is 8.31. The van der Waals surface area contributed by atoms with Crippen LogP contribution in [0.3, 0.4) is 0 Å². The van der Waals surface area contributed by atoms with Crippen molar-refractivity contribution in [3.8, 4) is 0 Å². The summed E-state index contributed by atoms with van der Waals surface area (Å²) in [6.45, 7) is 0. The summed E-state index contributed by atoms with van der Waals surface area (Å²) in [7, 11) is 0. The number of anilines is 1. The van der Waals surface area contributed by atoms with Crippen LogP contribution in [0.2, 0.25) is 0 Å². The number of nitro groups is 1. The van der Waals surface area contributed by atoms with Crippen LogP contribution in [0.1, 0.15) is 15.2 Å². The molecule has 2 N–H and O–H groups in total. The van der Waals surface area contributed by atoms with Crippen molar-refractivity contribution in [2.75, 3.05) is 5.32 Å². The molecule has 0 aliphatic heterocycles. The van der Waals surface area contributed by atoms with Gasteiger partial charge >= 0.3 is 0 Å². The van der Waals surface area contributed by atoms with Gasteiger partial charge in [0.1, 0.15) is 5.70 Å². The zero-order valence-electron chi connectivity index (χ0n) is 14.8. The number of amides is 2. The van der Waals surface area contributed by atoms with E-state index in [4.69, 9.17) is 0 Å². The molecule has 9 heteroatoms. The molecule has 0 aliphatic carbocycles. The molecular weight excluding hydrogens is 458 g/mol. The van der Waals surface area contributed by atoms with E-state index in [1.807, 2.05) is 0 Å². The molecule has 0 bridgehead atoms. The molecule has 0 unspecified atom stereocenters. The lowest BCUT2D eigenvalue weighted by molar-refractivity contribution is -0.384. The highest BCUT2D eigenvalue weighted by atomic mass is 79.9. The second-order valence-electron chi connectivity index (χ2n) is 5.78. The minimum atomic E-state index is -0.562. The monoisotopic (exact) mass is 471 g/mol. The SMILES string of the molecule is O=C(Nc1ccccc1Br)/C(=C/c1cccc([N+](=O)[O-])c1)NC(=O)c1cccs1. The van der Waals surface area contributed by atoms with Crippen molar-refractivity contribution in [3.63, 3.8) is 0 Å². The Hall–Kier alpha value is -3.30. The molecule has 146 valence electrons. The van der Waals surface area contributed by atoms with E-state index in [-0.39, 0.29) is 11.4 Å². The van der Waals surface area contributed by atoms with Crippen molar-refractivity contribution >= 4 is 56.5 Å². The summed E-state index contributed by atoms with van der Waals surface area (Å²) in [5.41, 5.74) is 0.768. The van der Waals surface area contributed by atoms with E-state index in [0.29, 0.717) is 20.6 Å². The predicted octanol–water partition coefficient (Wildman–Crippen LogP) is 4.83. The van der Waals surface area contributed by atoms with Gasteiger partial charge < -0.3 is 10.6 Å². The van der Waals surface area contributed by atoms with E-state index >= 15 is 0 Å². The average molecular weight is 472 g/mol. The van der Waals surface area contributed by atoms with Crippen LogP contribution in [0.25, 0.3) is 6.08 Å². The van der Waals surface area contributed by atoms with Gasteiger partial charge in [0, 0.05) is 16.6 Å². The fourth-order valence-electron chi connectivity index (χ4n) is 2.40. The van der Waals surface area contributed by atoms with Crippen LogP contribution >= 0.6 is 27.3 Å². The first-order chi connectivity index (χ1) is 13.9. The van der Waals surface area contributed by atoms with Gasteiger partial charge in [-0.25, -0.2) is 0 Å². The minimum Gasteiger partial charge on any atom is -0.320 e. The minimum absolute atomic E-state index is 0.0420. The predicted molar refractivity (Wildman–Crippen MR) is 116 cm³/mol. The largest absolute Gasteiger partial charge is 0.320 e. The topological polar surface area (TPSA) is 101 Å². The van der Waals surface area contributed by atoms with Gasteiger partial charge in [-0.3, -0.25) is 19.7 Å². The molecule has 29 heavy (non-hydrogen) atoms. The third-order valence-electron chi connectivity index (χ3n) is 3.75. The van der Waals surface area contributed by atoms with E-state index in [1.165, 1.54) is 35.6 Å². The molecule has 0 aliphatic rings. The molecule has 0 atom stereocenters. The molecule has 2 amide bonds. The summed E-state index contributed by atoms with van der Waals surface area (Å²) < 4.78 is 0.674. The molecule has 1 heterocycles. The number of carbonyl (C=O) groups excluding carboxylic acids is 2. The van der Waals surface area contributed by atoms with Crippen molar-refractivity contribution in [2.24, 2.45) is 0 Å². The molecular formula is C20H14BrN3O4S. The maximum Gasteiger partial charge on any atom is 0.272 e. The molecule has 0 fully saturated rings. The highest BCUT2D eigenvalue weighted by Crippen LogP contribution is 2.22. The summed E-state index contributed by atoms with van der Waals surface area (Å²) in [6.07, 6.45) is 1.39. The molecule has 7 nitrogen and oxygen atoms in total. The fourth-order valence-corrected chi connectivity index (χ4v) is 3.40. The Morgan fingerprint density at radius 1 is 1.07 bits per heavy atom. The Labute approximate surface area is 178 Å². The molecule has 3 aromatic rings. The number of hydrogen-bond acceptors (Lipinski definition) is 5. The van der Waals surface area contributed by atoms with Crippen LogP contribution in [0, 0.1) is 10.1 Å². The standard InChI is InChI=1S/C20H14BrN3O4S/c21-15-7-1-2-8-16(15)22-19(25)17(23-20(26)18-9-4-10-29-18)12-13-5-3-6-14(11-13)24(27)28/h1-12H,(H,22,25)(H,23,26)/b17-12-. The van der Waals surface area contributed by atoms with Crippen LogP contribution < -0.4 is 10.6 Å². The highest BCUT2D eigenvalue weighted by molar-refractivity contribution is 9.10. The van der Waals surface area contributed by atoms with Gasteiger partial charge in [-0.15, -0.1) is 11.3 Å². The number of nitrogens with zero attached hydrogens (tertiary/aromatic N) is 1. The number of hydrogen-bond donors (Lipinski definition) is 2. The van der Waals surface area contributed by atoms with E-state index in [9.17, 15) is 19.7 Å². The van der Waals surface area contributed by atoms with Gasteiger partial charge in [0.15, 0.2) is 0 Å². The van der Waals surface area contributed by atoms with Gasteiger partial charge in [0.25, 0.3) is 17.5 Å². The molecule has 0 saturated heterocycles. The maximum absolute atomic E-state index is 12.8. The van der Waals surface area contributed by atoms with E-state index in [1.54, 1.807) is 47.8 Å². The molecule has 0 saturated carbocycles. The van der Waals surface area contributed by atoms with E-state index in [2.05, 4.69) is 26.6 Å². The van der Waals surface area contributed by atoms with E-state index < -0.39 is 16.7 Å². The lowest BCUT2D eigenvalue weighted by atomic mass is 10.1. The number of thiophene rings is 1. The number of para-hydroxylation sites is 1. The van der Waals surface area contributed by atoms with Crippen LogP contribution in [0.4, 0.5) is 11.4 Å². The quantitative estimate of drug-likeness (QED) is 0.305. The van der Waals surface area contributed by atoms with Crippen molar-refractivity contribution in [3.05, 3.63) is 96.8 Å². The van der Waals surface area contributed by atoms with Crippen LogP contribution in [-0.2, 0) is 4.79 Å². The Kier molecular flexibility index (Phi) is 6.53. The first kappa shape index (κ1) is 20.4. The zero-order valence-corrected chi connectivity index (χ0v) is 17.2. The van der Waals surface area contributed by atoms with Gasteiger partial charge in [-0.05, 0) is 51.1 Å². The van der Waals surface area contributed by atoms with Gasteiger partial charge in [-0.2, -0.15) is 0 Å². The second kappa shape index (κ2) is 9.26. The normalized spacial score (nSPS) is 11.0. The van der Waals surface area contributed by atoms with Crippen molar-refractivity contribution in [2.45, 2.75) is 0 Å². The van der Waals surface area contributed by atoms with Crippen molar-refractivity contribution in [1.82, 2.24) is 5.32 Å². The van der Waals surface area contributed by atoms with Crippen LogP contribution in [0.15, 0.2) is 76.2 Å². The fraction of sp³-hybridized carbons (Fsp3) is 0. The Balaban J connectivity index is 1.93. The lowest BCUT2D eigenvalue weighted by Gasteiger charge is -2.11. The van der Waals surface area contributed by atoms with Crippen LogP contribution in [0.5, 0.6) is 0 Å². The molecule has 0 radical (unpaired) electrons. The van der Waals surface area contributed by atoms with Crippen LogP contribution in [-0.4, -0.2) is 16.7 Å². The summed E-state index contributed by atoms with van der Waals surface area (Å²) in [6, 6.07) is 16.2.